The average molecular weight is 314 g/mol. The van der Waals surface area contributed by atoms with Gasteiger partial charge >= 0.3 is 0 Å². The summed E-state index contributed by atoms with van der Waals surface area (Å²) in [6, 6.07) is 8.86. The first-order valence-electron chi connectivity index (χ1n) is 5.85. The van der Waals surface area contributed by atoms with Gasteiger partial charge in [-0.2, -0.15) is 0 Å². The van der Waals surface area contributed by atoms with E-state index >= 15 is 0 Å². The van der Waals surface area contributed by atoms with E-state index < -0.39 is 15.8 Å². The van der Waals surface area contributed by atoms with Crippen molar-refractivity contribution in [1.29, 1.82) is 0 Å². The maximum Gasteiger partial charge on any atom is 0.261 e. The van der Waals surface area contributed by atoms with Gasteiger partial charge in [-0.1, -0.05) is 29.3 Å². The number of halogens is 2. The summed E-state index contributed by atoms with van der Waals surface area (Å²) < 4.78 is 40.1. The van der Waals surface area contributed by atoms with Crippen molar-refractivity contribution in [2.45, 2.75) is 18.7 Å². The number of aryl methyl sites for hydroxylation is 2. The van der Waals surface area contributed by atoms with E-state index in [0.29, 0.717) is 5.56 Å². The summed E-state index contributed by atoms with van der Waals surface area (Å²) in [5.74, 6) is -0.478. The number of hydrogen-bond donors (Lipinski definition) is 1. The predicted molar refractivity (Wildman–Crippen MR) is 78.1 cm³/mol. The van der Waals surface area contributed by atoms with Crippen LogP contribution in [-0.4, -0.2) is 8.42 Å². The quantitative estimate of drug-likeness (QED) is 0.934. The maximum atomic E-state index is 13.3. The van der Waals surface area contributed by atoms with Crippen LogP contribution in [0.3, 0.4) is 0 Å². The second-order valence-electron chi connectivity index (χ2n) is 4.50. The van der Waals surface area contributed by atoms with Crippen LogP contribution in [-0.2, 0) is 10.0 Å². The van der Waals surface area contributed by atoms with Gasteiger partial charge in [0.05, 0.1) is 15.6 Å². The lowest BCUT2D eigenvalue weighted by atomic mass is 10.2. The summed E-state index contributed by atoms with van der Waals surface area (Å²) in [7, 11) is -3.74. The Morgan fingerprint density at radius 1 is 1.10 bits per heavy atom. The fourth-order valence-corrected chi connectivity index (χ4v) is 2.98. The van der Waals surface area contributed by atoms with Crippen molar-refractivity contribution >= 4 is 27.3 Å². The molecule has 0 unspecified atom stereocenters. The highest BCUT2D eigenvalue weighted by atomic mass is 35.5. The minimum Gasteiger partial charge on any atom is -0.278 e. The normalized spacial score (nSPS) is 11.4. The molecule has 2 aromatic rings. The van der Waals surface area contributed by atoms with Crippen LogP contribution in [0.25, 0.3) is 0 Å². The monoisotopic (exact) mass is 313 g/mol. The van der Waals surface area contributed by atoms with Gasteiger partial charge in [-0.15, -0.1) is 0 Å². The average Bonchev–Trinajstić information content (AvgIpc) is 2.36. The van der Waals surface area contributed by atoms with Crippen LogP contribution in [0.15, 0.2) is 41.3 Å². The number of sulfonamides is 1. The van der Waals surface area contributed by atoms with Crippen LogP contribution in [0.4, 0.5) is 10.1 Å². The molecule has 0 fully saturated rings. The highest BCUT2D eigenvalue weighted by Crippen LogP contribution is 2.27. The number of rotatable bonds is 3. The van der Waals surface area contributed by atoms with Crippen LogP contribution in [0.1, 0.15) is 11.1 Å². The van der Waals surface area contributed by atoms with Crippen LogP contribution in [0, 0.1) is 19.7 Å². The molecule has 0 saturated carbocycles. The number of benzene rings is 2. The molecule has 0 aliphatic carbocycles. The fraction of sp³-hybridized carbons (Fsp3) is 0.143. The Bertz CT molecular complexity index is 743. The highest BCUT2D eigenvalue weighted by Gasteiger charge is 2.16. The lowest BCUT2D eigenvalue weighted by Gasteiger charge is -2.11. The molecule has 0 bridgehead atoms. The first kappa shape index (κ1) is 14.8. The topological polar surface area (TPSA) is 46.2 Å². The number of nitrogens with one attached hydrogen (secondary N) is 1. The van der Waals surface area contributed by atoms with Crippen molar-refractivity contribution in [3.63, 3.8) is 0 Å². The van der Waals surface area contributed by atoms with Gasteiger partial charge in [0, 0.05) is 0 Å². The zero-order valence-corrected chi connectivity index (χ0v) is 12.5. The first-order chi connectivity index (χ1) is 9.29. The molecule has 0 aromatic heterocycles. The summed E-state index contributed by atoms with van der Waals surface area (Å²) in [5.41, 5.74) is 1.43. The van der Waals surface area contributed by atoms with Crippen molar-refractivity contribution < 1.29 is 12.8 Å². The molecule has 2 rings (SSSR count). The molecule has 106 valence electrons. The van der Waals surface area contributed by atoms with E-state index in [0.717, 1.165) is 11.6 Å². The molecule has 0 heterocycles. The Morgan fingerprint density at radius 2 is 1.70 bits per heavy atom. The molecule has 0 atom stereocenters. The van der Waals surface area contributed by atoms with Gasteiger partial charge in [0.25, 0.3) is 10.0 Å². The van der Waals surface area contributed by atoms with E-state index in [1.54, 1.807) is 12.1 Å². The summed E-state index contributed by atoms with van der Waals surface area (Å²) >= 11 is 5.85. The smallest absolute Gasteiger partial charge is 0.261 e. The van der Waals surface area contributed by atoms with E-state index in [-0.39, 0.29) is 15.6 Å². The lowest BCUT2D eigenvalue weighted by Crippen LogP contribution is -2.13. The van der Waals surface area contributed by atoms with Crippen LogP contribution >= 0.6 is 11.6 Å². The molecule has 1 N–H and O–H groups in total. The van der Waals surface area contributed by atoms with Gasteiger partial charge in [-0.05, 0) is 43.7 Å². The van der Waals surface area contributed by atoms with E-state index in [2.05, 4.69) is 4.72 Å². The standard InChI is InChI=1S/C14H13ClFNO2S/c1-9-3-5-11(6-4-9)20(18,19)17-14-7-10(2)13(16)8-12(14)15/h3-8,17H,1-2H3. The molecule has 20 heavy (non-hydrogen) atoms. The summed E-state index contributed by atoms with van der Waals surface area (Å²) in [5, 5.41) is 0.0174. The molecule has 6 heteroatoms. The SMILES string of the molecule is Cc1ccc(S(=O)(=O)Nc2cc(C)c(F)cc2Cl)cc1. The largest absolute Gasteiger partial charge is 0.278 e. The molecular weight excluding hydrogens is 301 g/mol. The van der Waals surface area contributed by atoms with Crippen LogP contribution < -0.4 is 4.72 Å². The van der Waals surface area contributed by atoms with Gasteiger partial charge in [0.2, 0.25) is 0 Å². The van der Waals surface area contributed by atoms with E-state index in [1.165, 1.54) is 25.1 Å². The third-order valence-corrected chi connectivity index (χ3v) is 4.52. The lowest BCUT2D eigenvalue weighted by molar-refractivity contribution is 0.601. The molecule has 0 aliphatic heterocycles. The zero-order chi connectivity index (χ0) is 14.9. The molecule has 2 aromatic carbocycles. The van der Waals surface area contributed by atoms with Gasteiger partial charge < -0.3 is 0 Å². The third-order valence-electron chi connectivity index (χ3n) is 2.82. The molecular formula is C14H13ClFNO2S. The van der Waals surface area contributed by atoms with Gasteiger partial charge in [-0.3, -0.25) is 4.72 Å². The Labute approximate surface area is 122 Å². The Morgan fingerprint density at radius 3 is 2.30 bits per heavy atom. The Balaban J connectivity index is 2.38. The molecule has 0 aliphatic rings. The Kier molecular flexibility index (Phi) is 4.01. The molecule has 0 amide bonds. The summed E-state index contributed by atoms with van der Waals surface area (Å²) in [6.07, 6.45) is 0. The third kappa shape index (κ3) is 3.11. The Hall–Kier alpha value is -1.59. The molecule has 3 nitrogen and oxygen atoms in total. The van der Waals surface area contributed by atoms with E-state index in [4.69, 9.17) is 11.6 Å². The fourth-order valence-electron chi connectivity index (χ4n) is 1.66. The van der Waals surface area contributed by atoms with Crippen molar-refractivity contribution in [2.24, 2.45) is 0 Å². The number of anilines is 1. The summed E-state index contributed by atoms with van der Waals surface area (Å²) in [6.45, 7) is 3.40. The first-order valence-corrected chi connectivity index (χ1v) is 7.71. The zero-order valence-electron chi connectivity index (χ0n) is 10.9. The summed E-state index contributed by atoms with van der Waals surface area (Å²) in [4.78, 5) is 0.126. The minimum atomic E-state index is -3.74. The molecule has 0 saturated heterocycles. The minimum absolute atomic E-state index is 0.0174. The van der Waals surface area contributed by atoms with Crippen molar-refractivity contribution in [3.05, 3.63) is 58.4 Å². The highest BCUT2D eigenvalue weighted by molar-refractivity contribution is 7.92. The maximum absolute atomic E-state index is 13.3. The van der Waals surface area contributed by atoms with Crippen molar-refractivity contribution in [1.82, 2.24) is 0 Å². The van der Waals surface area contributed by atoms with Crippen LogP contribution in [0.5, 0.6) is 0 Å². The number of hydrogen-bond acceptors (Lipinski definition) is 2. The van der Waals surface area contributed by atoms with Gasteiger partial charge in [0.15, 0.2) is 0 Å². The van der Waals surface area contributed by atoms with E-state index in [9.17, 15) is 12.8 Å². The van der Waals surface area contributed by atoms with Gasteiger partial charge in [-0.25, -0.2) is 12.8 Å². The van der Waals surface area contributed by atoms with E-state index in [1.807, 2.05) is 6.92 Å². The second-order valence-corrected chi connectivity index (χ2v) is 6.59. The second kappa shape index (κ2) is 5.42. The van der Waals surface area contributed by atoms with Crippen molar-refractivity contribution in [3.8, 4) is 0 Å². The van der Waals surface area contributed by atoms with Crippen LogP contribution in [0.2, 0.25) is 5.02 Å². The molecule has 0 spiro atoms. The van der Waals surface area contributed by atoms with Gasteiger partial charge in [0.1, 0.15) is 5.82 Å². The molecule has 0 radical (unpaired) electrons. The predicted octanol–water partition coefficient (Wildman–Crippen LogP) is 3.90. The van der Waals surface area contributed by atoms with Crippen molar-refractivity contribution in [2.75, 3.05) is 4.72 Å².